The van der Waals surface area contributed by atoms with Gasteiger partial charge in [0.25, 0.3) is 5.91 Å². The summed E-state index contributed by atoms with van der Waals surface area (Å²) in [6, 6.07) is 11.8. The highest BCUT2D eigenvalue weighted by Crippen LogP contribution is 2.30. The SMILES string of the molecule is CO[C@@H]1C[C@H]2C(=O)Nc3ccc(/C=C/c4ccc(O)cc4)cc3C(=O)N2C1. The van der Waals surface area contributed by atoms with Crippen molar-refractivity contribution in [2.24, 2.45) is 0 Å². The van der Waals surface area contributed by atoms with Crippen molar-refractivity contribution in [2.75, 3.05) is 19.0 Å². The number of amides is 2. The van der Waals surface area contributed by atoms with Crippen molar-refractivity contribution in [3.05, 3.63) is 59.2 Å². The van der Waals surface area contributed by atoms with Gasteiger partial charge in [-0.15, -0.1) is 0 Å². The van der Waals surface area contributed by atoms with Crippen LogP contribution in [0.5, 0.6) is 5.75 Å². The Morgan fingerprint density at radius 2 is 1.81 bits per heavy atom. The molecule has 4 rings (SSSR count). The number of nitrogens with one attached hydrogen (secondary N) is 1. The van der Waals surface area contributed by atoms with Gasteiger partial charge in [0.2, 0.25) is 5.91 Å². The van der Waals surface area contributed by atoms with Crippen LogP contribution < -0.4 is 5.32 Å². The first-order chi connectivity index (χ1) is 13.0. The Morgan fingerprint density at radius 1 is 1.11 bits per heavy atom. The molecule has 6 heteroatoms. The van der Waals surface area contributed by atoms with E-state index in [2.05, 4.69) is 5.32 Å². The van der Waals surface area contributed by atoms with Crippen LogP contribution in [0.3, 0.4) is 0 Å². The molecule has 0 bridgehead atoms. The normalized spacial score (nSPS) is 21.7. The van der Waals surface area contributed by atoms with Gasteiger partial charge in [0.1, 0.15) is 11.8 Å². The largest absolute Gasteiger partial charge is 0.508 e. The van der Waals surface area contributed by atoms with Crippen LogP contribution in [0.1, 0.15) is 27.9 Å². The van der Waals surface area contributed by atoms with Crippen molar-refractivity contribution in [3.8, 4) is 5.75 Å². The number of methoxy groups -OCH3 is 1. The number of benzene rings is 2. The van der Waals surface area contributed by atoms with Gasteiger partial charge in [0, 0.05) is 20.1 Å². The maximum absolute atomic E-state index is 13.0. The van der Waals surface area contributed by atoms with E-state index in [9.17, 15) is 14.7 Å². The molecule has 0 radical (unpaired) electrons. The van der Waals surface area contributed by atoms with E-state index in [-0.39, 0.29) is 23.7 Å². The van der Waals surface area contributed by atoms with E-state index in [1.54, 1.807) is 48.4 Å². The zero-order valence-electron chi connectivity index (χ0n) is 14.9. The first kappa shape index (κ1) is 17.3. The van der Waals surface area contributed by atoms with Crippen LogP contribution >= 0.6 is 0 Å². The molecule has 2 heterocycles. The molecular weight excluding hydrogens is 344 g/mol. The van der Waals surface area contributed by atoms with Gasteiger partial charge in [-0.2, -0.15) is 0 Å². The predicted octanol–water partition coefficient (Wildman–Crippen LogP) is 2.74. The highest BCUT2D eigenvalue weighted by molar-refractivity contribution is 6.10. The molecule has 6 nitrogen and oxygen atoms in total. The molecule has 2 amide bonds. The monoisotopic (exact) mass is 364 g/mol. The van der Waals surface area contributed by atoms with E-state index < -0.39 is 6.04 Å². The number of aromatic hydroxyl groups is 1. The Kier molecular flexibility index (Phi) is 4.41. The lowest BCUT2D eigenvalue weighted by molar-refractivity contribution is -0.119. The number of carbonyl (C=O) groups is 2. The lowest BCUT2D eigenvalue weighted by atomic mass is 10.1. The van der Waals surface area contributed by atoms with Crippen LogP contribution in [0.25, 0.3) is 12.2 Å². The van der Waals surface area contributed by atoms with E-state index in [0.29, 0.717) is 24.2 Å². The van der Waals surface area contributed by atoms with Crippen molar-refractivity contribution >= 4 is 29.7 Å². The fourth-order valence-corrected chi connectivity index (χ4v) is 3.54. The molecule has 27 heavy (non-hydrogen) atoms. The molecule has 0 aliphatic carbocycles. The van der Waals surface area contributed by atoms with Crippen LogP contribution in [-0.2, 0) is 9.53 Å². The van der Waals surface area contributed by atoms with Gasteiger partial charge in [0.05, 0.1) is 17.4 Å². The summed E-state index contributed by atoms with van der Waals surface area (Å²) in [6.07, 6.45) is 4.19. The summed E-state index contributed by atoms with van der Waals surface area (Å²) in [7, 11) is 1.60. The van der Waals surface area contributed by atoms with Crippen molar-refractivity contribution in [3.63, 3.8) is 0 Å². The first-order valence-corrected chi connectivity index (χ1v) is 8.81. The van der Waals surface area contributed by atoms with Gasteiger partial charge >= 0.3 is 0 Å². The fraction of sp³-hybridized carbons (Fsp3) is 0.238. The van der Waals surface area contributed by atoms with Crippen molar-refractivity contribution in [1.29, 1.82) is 0 Å². The molecule has 0 spiro atoms. The molecule has 138 valence electrons. The first-order valence-electron chi connectivity index (χ1n) is 8.81. The molecule has 2 aliphatic rings. The van der Waals surface area contributed by atoms with E-state index in [0.717, 1.165) is 11.1 Å². The van der Waals surface area contributed by atoms with Gasteiger partial charge in [-0.25, -0.2) is 0 Å². The summed E-state index contributed by atoms with van der Waals surface area (Å²) in [6.45, 7) is 0.417. The van der Waals surface area contributed by atoms with E-state index in [1.807, 2.05) is 18.2 Å². The lowest BCUT2D eigenvalue weighted by Crippen LogP contribution is -2.40. The maximum atomic E-state index is 13.0. The van der Waals surface area contributed by atoms with E-state index in [4.69, 9.17) is 4.74 Å². The molecule has 2 atom stereocenters. The second-order valence-corrected chi connectivity index (χ2v) is 6.79. The van der Waals surface area contributed by atoms with Crippen LogP contribution in [0.4, 0.5) is 5.69 Å². The second-order valence-electron chi connectivity index (χ2n) is 6.79. The average Bonchev–Trinajstić information content (AvgIpc) is 3.09. The van der Waals surface area contributed by atoms with Crippen LogP contribution in [-0.4, -0.2) is 47.6 Å². The number of ether oxygens (including phenoxy) is 1. The maximum Gasteiger partial charge on any atom is 0.256 e. The Hall–Kier alpha value is -3.12. The second kappa shape index (κ2) is 6.89. The number of carbonyl (C=O) groups excluding carboxylic acids is 2. The Balaban J connectivity index is 1.63. The van der Waals surface area contributed by atoms with Crippen LogP contribution in [0.15, 0.2) is 42.5 Å². The number of fused-ring (bicyclic) bond motifs is 2. The number of anilines is 1. The molecule has 0 unspecified atom stereocenters. The minimum absolute atomic E-state index is 0.121. The summed E-state index contributed by atoms with van der Waals surface area (Å²) >= 11 is 0. The summed E-state index contributed by atoms with van der Waals surface area (Å²) in [5.41, 5.74) is 2.81. The molecule has 2 aromatic rings. The molecule has 0 saturated carbocycles. The fourth-order valence-electron chi connectivity index (χ4n) is 3.54. The third kappa shape index (κ3) is 3.31. The van der Waals surface area contributed by atoms with E-state index in [1.165, 1.54) is 0 Å². The molecule has 2 aliphatic heterocycles. The topological polar surface area (TPSA) is 78.9 Å². The minimum Gasteiger partial charge on any atom is -0.508 e. The molecule has 0 aromatic heterocycles. The summed E-state index contributed by atoms with van der Waals surface area (Å²) in [4.78, 5) is 27.1. The highest BCUT2D eigenvalue weighted by Gasteiger charge is 2.42. The molecular formula is C21H20N2O4. The van der Waals surface area contributed by atoms with Crippen LogP contribution in [0.2, 0.25) is 0 Å². The molecule has 2 aromatic carbocycles. The third-order valence-electron chi connectivity index (χ3n) is 5.05. The van der Waals surface area contributed by atoms with Gasteiger partial charge < -0.3 is 20.1 Å². The predicted molar refractivity (Wildman–Crippen MR) is 102 cm³/mol. The average molecular weight is 364 g/mol. The summed E-state index contributed by atoms with van der Waals surface area (Å²) in [5.74, 6) is -0.116. The zero-order chi connectivity index (χ0) is 19.0. The van der Waals surface area contributed by atoms with Crippen molar-refractivity contribution < 1.29 is 19.4 Å². The van der Waals surface area contributed by atoms with Gasteiger partial charge in [-0.05, 0) is 35.4 Å². The van der Waals surface area contributed by atoms with Gasteiger partial charge in [-0.3, -0.25) is 9.59 Å². The summed E-state index contributed by atoms with van der Waals surface area (Å²) < 4.78 is 5.35. The Labute approximate surface area is 157 Å². The lowest BCUT2D eigenvalue weighted by Gasteiger charge is -2.19. The quantitative estimate of drug-likeness (QED) is 0.821. The zero-order valence-corrected chi connectivity index (χ0v) is 14.9. The standard InChI is InChI=1S/C21H20N2O4/c1-27-16-11-19-20(25)22-18-9-6-14(10-17(18)21(26)23(19)12-16)3-2-13-4-7-15(24)8-5-13/h2-10,16,19,24H,11-12H2,1H3,(H,22,25)/b3-2+/t16-,19+/m1/s1. The van der Waals surface area contributed by atoms with Crippen molar-refractivity contribution in [1.82, 2.24) is 4.90 Å². The molecule has 1 saturated heterocycles. The highest BCUT2D eigenvalue weighted by atomic mass is 16.5. The number of nitrogens with zero attached hydrogens (tertiary/aromatic N) is 1. The van der Waals surface area contributed by atoms with E-state index >= 15 is 0 Å². The number of phenols is 1. The number of hydrogen-bond donors (Lipinski definition) is 2. The third-order valence-corrected chi connectivity index (χ3v) is 5.05. The number of phenolic OH excluding ortho intramolecular Hbond substituents is 1. The number of hydrogen-bond acceptors (Lipinski definition) is 4. The summed E-state index contributed by atoms with van der Waals surface area (Å²) in [5, 5.41) is 12.2. The molecule has 1 fully saturated rings. The van der Waals surface area contributed by atoms with Gasteiger partial charge in [-0.1, -0.05) is 30.4 Å². The minimum atomic E-state index is -0.495. The number of rotatable bonds is 3. The Bertz CT molecular complexity index is 920. The van der Waals surface area contributed by atoms with Crippen LogP contribution in [0, 0.1) is 0 Å². The molecule has 2 N–H and O–H groups in total. The Morgan fingerprint density at radius 3 is 2.56 bits per heavy atom. The van der Waals surface area contributed by atoms with Crippen molar-refractivity contribution in [2.45, 2.75) is 18.6 Å². The smallest absolute Gasteiger partial charge is 0.256 e. The van der Waals surface area contributed by atoms with Gasteiger partial charge in [0.15, 0.2) is 0 Å².